The van der Waals surface area contributed by atoms with Gasteiger partial charge in [-0.1, -0.05) is 11.6 Å². The van der Waals surface area contributed by atoms with Crippen LogP contribution in [0.25, 0.3) is 0 Å². The summed E-state index contributed by atoms with van der Waals surface area (Å²) in [7, 11) is -0.467. The lowest BCUT2D eigenvalue weighted by Gasteiger charge is -2.19. The number of hydrogen-bond acceptors (Lipinski definition) is 6. The fourth-order valence-corrected chi connectivity index (χ4v) is 4.10. The molecule has 0 amide bonds. The SMILES string of the molecule is COc1cc2c(cc1OC)C(CS(=O)(=O)c1ccc(Cl)nc1)=NCC2. The van der Waals surface area contributed by atoms with Crippen LogP contribution in [0.4, 0.5) is 0 Å². The Hall–Kier alpha value is -2.12. The lowest BCUT2D eigenvalue weighted by atomic mass is 9.97. The van der Waals surface area contributed by atoms with Crippen LogP contribution in [-0.4, -0.2) is 45.6 Å². The Morgan fingerprint density at radius 2 is 1.88 bits per heavy atom. The predicted octanol–water partition coefficient (Wildman–Crippen LogP) is 2.57. The quantitative estimate of drug-likeness (QED) is 0.745. The number of aliphatic imine (C=N–C) groups is 1. The van der Waals surface area contributed by atoms with E-state index in [2.05, 4.69) is 9.98 Å². The number of benzene rings is 1. The summed E-state index contributed by atoms with van der Waals surface area (Å²) >= 11 is 5.73. The van der Waals surface area contributed by atoms with E-state index in [4.69, 9.17) is 21.1 Å². The van der Waals surface area contributed by atoms with Crippen molar-refractivity contribution in [2.75, 3.05) is 26.5 Å². The molecule has 0 saturated carbocycles. The van der Waals surface area contributed by atoms with Gasteiger partial charge >= 0.3 is 0 Å². The highest BCUT2D eigenvalue weighted by Crippen LogP contribution is 2.33. The van der Waals surface area contributed by atoms with Crippen LogP contribution in [0.3, 0.4) is 0 Å². The third kappa shape index (κ3) is 3.62. The van der Waals surface area contributed by atoms with E-state index in [1.54, 1.807) is 20.3 Å². The third-order valence-electron chi connectivity index (χ3n) is 3.99. The summed E-state index contributed by atoms with van der Waals surface area (Å²) in [5, 5.41) is 0.246. The molecular weight excluding hydrogens is 364 g/mol. The molecule has 6 nitrogen and oxygen atoms in total. The average Bonchev–Trinajstić information content (AvgIpc) is 2.61. The Balaban J connectivity index is 1.97. The number of fused-ring (bicyclic) bond motifs is 1. The number of methoxy groups -OCH3 is 2. The van der Waals surface area contributed by atoms with Crippen LogP contribution in [0.5, 0.6) is 11.5 Å². The molecule has 0 N–H and O–H groups in total. The number of sulfone groups is 1. The first-order valence-electron chi connectivity index (χ1n) is 7.57. The Morgan fingerprint density at radius 3 is 2.52 bits per heavy atom. The van der Waals surface area contributed by atoms with Gasteiger partial charge in [0.05, 0.1) is 30.6 Å². The van der Waals surface area contributed by atoms with Crippen molar-refractivity contribution in [2.24, 2.45) is 4.99 Å². The van der Waals surface area contributed by atoms with E-state index in [1.807, 2.05) is 6.07 Å². The minimum absolute atomic E-state index is 0.118. The van der Waals surface area contributed by atoms with Gasteiger partial charge in [-0.15, -0.1) is 0 Å². The van der Waals surface area contributed by atoms with Crippen LogP contribution in [0, 0.1) is 0 Å². The highest BCUT2D eigenvalue weighted by Gasteiger charge is 2.24. The van der Waals surface area contributed by atoms with Gasteiger partial charge in [0.15, 0.2) is 21.3 Å². The molecule has 1 aromatic heterocycles. The second-order valence-corrected chi connectivity index (χ2v) is 7.90. The van der Waals surface area contributed by atoms with Crippen molar-refractivity contribution in [3.8, 4) is 11.5 Å². The van der Waals surface area contributed by atoms with Gasteiger partial charge in [-0.05, 0) is 36.2 Å². The minimum atomic E-state index is -3.58. The standard InChI is InChI=1S/C17H17ClN2O4S/c1-23-15-7-11-5-6-19-14(13(11)8-16(15)24-2)10-25(21,22)12-3-4-17(18)20-9-12/h3-4,7-9H,5-6,10H2,1-2H3. The molecule has 0 radical (unpaired) electrons. The maximum atomic E-state index is 12.7. The second kappa shape index (κ2) is 7.01. The van der Waals surface area contributed by atoms with E-state index >= 15 is 0 Å². The molecule has 3 rings (SSSR count). The number of hydrogen-bond donors (Lipinski definition) is 0. The van der Waals surface area contributed by atoms with Crippen LogP contribution < -0.4 is 9.47 Å². The summed E-state index contributed by atoms with van der Waals surface area (Å²) in [6.07, 6.45) is 1.98. The lowest BCUT2D eigenvalue weighted by molar-refractivity contribution is 0.354. The fourth-order valence-electron chi connectivity index (χ4n) is 2.73. The van der Waals surface area contributed by atoms with Crippen molar-refractivity contribution < 1.29 is 17.9 Å². The largest absolute Gasteiger partial charge is 0.493 e. The van der Waals surface area contributed by atoms with Crippen molar-refractivity contribution in [1.82, 2.24) is 4.98 Å². The Labute approximate surface area is 151 Å². The first-order valence-corrected chi connectivity index (χ1v) is 9.60. The van der Waals surface area contributed by atoms with Crippen molar-refractivity contribution in [2.45, 2.75) is 11.3 Å². The normalized spacial score (nSPS) is 13.8. The monoisotopic (exact) mass is 380 g/mol. The molecule has 8 heteroatoms. The van der Waals surface area contributed by atoms with Crippen LogP contribution in [0.1, 0.15) is 11.1 Å². The second-order valence-electron chi connectivity index (χ2n) is 5.52. The molecule has 2 aromatic rings. The Kier molecular flexibility index (Phi) is 4.96. The van der Waals surface area contributed by atoms with Gasteiger partial charge < -0.3 is 9.47 Å². The first-order chi connectivity index (χ1) is 11.9. The van der Waals surface area contributed by atoms with Crippen LogP contribution in [-0.2, 0) is 16.3 Å². The first kappa shape index (κ1) is 17.7. The summed E-state index contributed by atoms with van der Waals surface area (Å²) in [6, 6.07) is 6.56. The summed E-state index contributed by atoms with van der Waals surface area (Å²) in [6.45, 7) is 0.534. The zero-order valence-electron chi connectivity index (χ0n) is 13.8. The number of halogens is 1. The van der Waals surface area contributed by atoms with E-state index in [0.29, 0.717) is 23.8 Å². The Bertz CT molecular complexity index is 924. The van der Waals surface area contributed by atoms with Crippen LogP contribution >= 0.6 is 11.6 Å². The van der Waals surface area contributed by atoms with E-state index in [0.717, 1.165) is 17.5 Å². The molecule has 0 spiro atoms. The van der Waals surface area contributed by atoms with E-state index < -0.39 is 9.84 Å². The molecule has 1 aliphatic heterocycles. The van der Waals surface area contributed by atoms with E-state index in [1.165, 1.54) is 18.3 Å². The molecule has 2 heterocycles. The van der Waals surface area contributed by atoms with Gasteiger partial charge in [0, 0.05) is 18.3 Å². The van der Waals surface area contributed by atoms with Gasteiger partial charge in [0.25, 0.3) is 0 Å². The molecule has 0 bridgehead atoms. The molecular formula is C17H17ClN2O4S. The number of pyridine rings is 1. The van der Waals surface area contributed by atoms with Crippen LogP contribution in [0.15, 0.2) is 40.4 Å². The molecule has 0 aliphatic carbocycles. The van der Waals surface area contributed by atoms with Crippen molar-refractivity contribution in [3.63, 3.8) is 0 Å². The molecule has 1 aromatic carbocycles. The Morgan fingerprint density at radius 1 is 1.16 bits per heavy atom. The van der Waals surface area contributed by atoms with Crippen LogP contribution in [0.2, 0.25) is 5.15 Å². The molecule has 0 fully saturated rings. The van der Waals surface area contributed by atoms with Gasteiger partial charge in [0.2, 0.25) is 0 Å². The van der Waals surface area contributed by atoms with E-state index in [-0.39, 0.29) is 15.8 Å². The zero-order valence-corrected chi connectivity index (χ0v) is 15.4. The summed E-state index contributed by atoms with van der Waals surface area (Å²) in [4.78, 5) is 8.39. The van der Waals surface area contributed by atoms with E-state index in [9.17, 15) is 8.42 Å². The fraction of sp³-hybridized carbons (Fsp3) is 0.294. The molecule has 0 unspecified atom stereocenters. The van der Waals surface area contributed by atoms with Gasteiger partial charge in [-0.25, -0.2) is 13.4 Å². The summed E-state index contributed by atoms with van der Waals surface area (Å²) in [5.41, 5.74) is 2.28. The molecule has 132 valence electrons. The van der Waals surface area contributed by atoms with Crippen molar-refractivity contribution in [1.29, 1.82) is 0 Å². The summed E-state index contributed by atoms with van der Waals surface area (Å²) in [5.74, 6) is 0.951. The topological polar surface area (TPSA) is 77.9 Å². The number of aromatic nitrogens is 1. The smallest absolute Gasteiger partial charge is 0.185 e. The molecule has 1 aliphatic rings. The van der Waals surface area contributed by atoms with Crippen molar-refractivity contribution >= 4 is 27.1 Å². The highest BCUT2D eigenvalue weighted by atomic mass is 35.5. The van der Waals surface area contributed by atoms with Crippen molar-refractivity contribution in [3.05, 3.63) is 46.7 Å². The highest BCUT2D eigenvalue weighted by molar-refractivity contribution is 7.92. The number of nitrogens with zero attached hydrogens (tertiary/aromatic N) is 2. The minimum Gasteiger partial charge on any atom is -0.493 e. The number of ether oxygens (including phenoxy) is 2. The third-order valence-corrected chi connectivity index (χ3v) is 5.83. The molecule has 0 atom stereocenters. The zero-order chi connectivity index (χ0) is 18.0. The predicted molar refractivity (Wildman–Crippen MR) is 96.0 cm³/mol. The average molecular weight is 381 g/mol. The lowest BCUT2D eigenvalue weighted by Crippen LogP contribution is -2.22. The molecule has 25 heavy (non-hydrogen) atoms. The summed E-state index contributed by atoms with van der Waals surface area (Å²) < 4.78 is 36.0. The molecule has 0 saturated heterocycles. The maximum Gasteiger partial charge on any atom is 0.185 e. The maximum absolute atomic E-state index is 12.7. The van der Waals surface area contributed by atoms with Gasteiger partial charge in [-0.3, -0.25) is 4.99 Å². The van der Waals surface area contributed by atoms with Gasteiger partial charge in [0.1, 0.15) is 5.15 Å². The van der Waals surface area contributed by atoms with Gasteiger partial charge in [-0.2, -0.15) is 0 Å². The number of rotatable bonds is 5.